The van der Waals surface area contributed by atoms with Crippen LogP contribution in [0.4, 0.5) is 0 Å². The molecule has 14 aliphatic rings. The number of carbonyl (C=O) groups excluding carboxylic acids is 2. The van der Waals surface area contributed by atoms with Crippen LogP contribution in [0.2, 0.25) is 0 Å². The molecule has 0 aliphatic heterocycles. The van der Waals surface area contributed by atoms with Crippen molar-refractivity contribution < 1.29 is 9.59 Å². The van der Waals surface area contributed by atoms with Crippen LogP contribution in [-0.2, 0) is 0 Å². The Bertz CT molecular complexity index is 2340. The van der Waals surface area contributed by atoms with Gasteiger partial charge in [0, 0.05) is 69.6 Å². The molecule has 2 nitrogen and oxygen atoms in total. The Labute approximate surface area is 316 Å². The molecule has 18 rings (SSSR count). The van der Waals surface area contributed by atoms with Crippen molar-refractivity contribution in [2.24, 2.45) is 0 Å². The van der Waals surface area contributed by atoms with E-state index in [9.17, 15) is 0 Å². The number of hydrogen-bond acceptors (Lipinski definition) is 2. The second-order valence-electron chi connectivity index (χ2n) is 18.2. The van der Waals surface area contributed by atoms with Crippen molar-refractivity contribution in [3.63, 3.8) is 0 Å². The lowest BCUT2D eigenvalue weighted by atomic mass is 9.63. The highest BCUT2D eigenvalue weighted by atomic mass is 16.1. The molecule has 0 N–H and O–H groups in total. The van der Waals surface area contributed by atoms with Crippen LogP contribution in [0, 0.1) is 0 Å². The quantitative estimate of drug-likeness (QED) is 0.148. The summed E-state index contributed by atoms with van der Waals surface area (Å²) < 4.78 is 0. The molecule has 0 aromatic heterocycles. The maximum Gasteiger partial charge on any atom is 0.194 e. The molecule has 4 aromatic rings. The first-order valence-corrected chi connectivity index (χ1v) is 20.9. The van der Waals surface area contributed by atoms with Gasteiger partial charge < -0.3 is 0 Å². The van der Waals surface area contributed by atoms with E-state index in [0.717, 1.165) is 95.9 Å². The van der Waals surface area contributed by atoms with Crippen molar-refractivity contribution in [3.05, 3.63) is 186 Å². The molecule has 260 valence electrons. The summed E-state index contributed by atoms with van der Waals surface area (Å²) in [6.07, 6.45) is 28.5. The van der Waals surface area contributed by atoms with Gasteiger partial charge in [0.1, 0.15) is 0 Å². The van der Waals surface area contributed by atoms with Crippen LogP contribution in [0.5, 0.6) is 0 Å². The third-order valence-electron chi connectivity index (χ3n) is 15.9. The van der Waals surface area contributed by atoms with Gasteiger partial charge >= 0.3 is 0 Å². The average molecular weight is 697 g/mol. The molecule has 0 radical (unpaired) electrons. The zero-order chi connectivity index (χ0) is 35.1. The first-order chi connectivity index (χ1) is 26.6. The topological polar surface area (TPSA) is 34.1 Å². The van der Waals surface area contributed by atoms with E-state index in [-0.39, 0.29) is 11.6 Å². The second kappa shape index (κ2) is 9.96. The van der Waals surface area contributed by atoms with E-state index in [4.69, 9.17) is 0 Å². The minimum atomic E-state index is 0.166. The maximum absolute atomic E-state index is 15.1. The SMILES string of the molecule is O=C1c2cc3c(cc2C(=C2c4cc5c(cc4C(=O)c4cc6c(cc42)[C@H]2C=C[C@@H]6CC2)[C@H]2C=C[C@@H]5CC2)c2cc4c(cc21)[C@@H]1C=C[C@H]4CC1)[C@@H]1C=C[C@H]3CC1. The van der Waals surface area contributed by atoms with Crippen LogP contribution in [0.15, 0.2) is 97.1 Å². The summed E-state index contributed by atoms with van der Waals surface area (Å²) >= 11 is 0. The van der Waals surface area contributed by atoms with Crippen LogP contribution >= 0.6 is 0 Å². The van der Waals surface area contributed by atoms with Gasteiger partial charge in [0.25, 0.3) is 0 Å². The zero-order valence-corrected chi connectivity index (χ0v) is 30.3. The molecular formula is C52H40O2. The summed E-state index contributed by atoms with van der Waals surface area (Å²) in [5.74, 6) is 3.40. The van der Waals surface area contributed by atoms with Crippen LogP contribution in [-0.4, -0.2) is 11.6 Å². The summed E-state index contributed by atoms with van der Waals surface area (Å²) in [7, 11) is 0. The van der Waals surface area contributed by atoms with E-state index >= 15 is 9.59 Å². The fourth-order valence-corrected chi connectivity index (χ4v) is 13.2. The van der Waals surface area contributed by atoms with Crippen LogP contribution in [0.3, 0.4) is 0 Å². The number of fused-ring (bicyclic) bond motifs is 8. The van der Waals surface area contributed by atoms with Crippen LogP contribution in [0.1, 0.15) is 197 Å². The smallest absolute Gasteiger partial charge is 0.194 e. The maximum atomic E-state index is 15.1. The molecule has 8 atom stereocenters. The monoisotopic (exact) mass is 696 g/mol. The molecule has 0 saturated heterocycles. The number of allylic oxidation sites excluding steroid dienone is 8. The third-order valence-corrected chi connectivity index (χ3v) is 15.9. The van der Waals surface area contributed by atoms with Gasteiger partial charge in [-0.05, 0) is 178 Å². The number of rotatable bonds is 0. The fourth-order valence-electron chi connectivity index (χ4n) is 13.2. The lowest BCUT2D eigenvalue weighted by Crippen LogP contribution is -2.26. The van der Waals surface area contributed by atoms with Gasteiger partial charge in [-0.2, -0.15) is 0 Å². The molecule has 0 heterocycles. The van der Waals surface area contributed by atoms with E-state index in [1.54, 1.807) is 0 Å². The summed E-state index contributed by atoms with van der Waals surface area (Å²) in [6.45, 7) is 0. The Morgan fingerprint density at radius 2 is 0.426 bits per heavy atom. The second-order valence-corrected chi connectivity index (χ2v) is 18.2. The van der Waals surface area contributed by atoms with Gasteiger partial charge in [0.2, 0.25) is 0 Å². The highest BCUT2D eigenvalue weighted by Gasteiger charge is 2.42. The molecule has 4 aromatic carbocycles. The number of benzene rings is 4. The van der Waals surface area contributed by atoms with Gasteiger partial charge in [-0.15, -0.1) is 0 Å². The summed E-state index contributed by atoms with van der Waals surface area (Å²) in [5.41, 5.74) is 21.0. The van der Waals surface area contributed by atoms with Crippen molar-refractivity contribution in [2.75, 3.05) is 0 Å². The van der Waals surface area contributed by atoms with E-state index in [0.29, 0.717) is 47.3 Å². The molecular weight excluding hydrogens is 657 g/mol. The Balaban J connectivity index is 1.14. The summed E-state index contributed by atoms with van der Waals surface area (Å²) in [5, 5.41) is 0. The molecule has 14 aliphatic carbocycles. The first-order valence-electron chi connectivity index (χ1n) is 20.9. The van der Waals surface area contributed by atoms with Crippen LogP contribution in [0.25, 0.3) is 11.1 Å². The Hall–Kier alpha value is -5.08. The summed E-state index contributed by atoms with van der Waals surface area (Å²) in [4.78, 5) is 30.2. The predicted octanol–water partition coefficient (Wildman–Crippen LogP) is 11.9. The van der Waals surface area contributed by atoms with E-state index in [1.165, 1.54) is 55.7 Å². The lowest BCUT2D eigenvalue weighted by molar-refractivity contribution is 0.102. The van der Waals surface area contributed by atoms with Crippen molar-refractivity contribution in [1.29, 1.82) is 0 Å². The molecule has 0 fully saturated rings. The van der Waals surface area contributed by atoms with E-state index < -0.39 is 0 Å². The Morgan fingerprint density at radius 1 is 0.259 bits per heavy atom. The molecule has 2 heteroatoms. The highest BCUT2D eigenvalue weighted by Crippen LogP contribution is 2.57. The van der Waals surface area contributed by atoms with Crippen LogP contribution < -0.4 is 0 Å². The minimum absolute atomic E-state index is 0.166. The normalized spacial score (nSPS) is 32.5. The molecule has 0 amide bonds. The molecule has 54 heavy (non-hydrogen) atoms. The van der Waals surface area contributed by atoms with Gasteiger partial charge in [-0.25, -0.2) is 0 Å². The minimum Gasteiger partial charge on any atom is -0.289 e. The van der Waals surface area contributed by atoms with Gasteiger partial charge in [-0.1, -0.05) is 48.6 Å². The molecule has 0 unspecified atom stereocenters. The zero-order valence-electron chi connectivity index (χ0n) is 30.3. The fraction of sp³-hybridized carbons (Fsp3) is 0.308. The largest absolute Gasteiger partial charge is 0.289 e. The van der Waals surface area contributed by atoms with E-state index in [1.807, 2.05) is 0 Å². The van der Waals surface area contributed by atoms with Crippen molar-refractivity contribution in [2.45, 2.75) is 98.7 Å². The summed E-state index contributed by atoms with van der Waals surface area (Å²) in [6, 6.07) is 18.9. The highest BCUT2D eigenvalue weighted by molar-refractivity contribution is 6.27. The molecule has 8 bridgehead atoms. The Kier molecular flexibility index (Phi) is 5.40. The van der Waals surface area contributed by atoms with E-state index in [2.05, 4.69) is 97.1 Å². The third kappa shape index (κ3) is 3.55. The first kappa shape index (κ1) is 29.3. The standard InChI is InChI=1S/C52H40O2/c53-51-45-21-37-29-9-1-25(2-10-29)33(37)17-41(45)49(42-18-34-26-3-11-30(12-4-26)38(34)22-46(42)51)50-43-19-35-27-5-13-31(14-6-27)39(35)23-47(43)52(54)48-24-40-32-15-7-28(8-16-32)36(40)20-44(48)50/h1,3,5,7,9,11,13,15,17-32H,2,4,6,8,10,12,14,16H2/t25-,26+,27-,28+,29+,30-,31+,32-. The predicted molar refractivity (Wildman–Crippen MR) is 213 cm³/mol. The average Bonchev–Trinajstić information content (AvgIpc) is 3.24. The van der Waals surface area contributed by atoms with Gasteiger partial charge in [-0.3, -0.25) is 9.59 Å². The number of ketones is 2. The Morgan fingerprint density at radius 3 is 0.593 bits per heavy atom. The molecule has 0 saturated carbocycles. The van der Waals surface area contributed by atoms with Crippen molar-refractivity contribution in [1.82, 2.24) is 0 Å². The van der Waals surface area contributed by atoms with Crippen molar-refractivity contribution in [3.8, 4) is 0 Å². The number of hydrogen-bond donors (Lipinski definition) is 0. The number of carbonyl (C=O) groups is 2. The van der Waals surface area contributed by atoms with Crippen molar-refractivity contribution >= 4 is 22.7 Å². The lowest BCUT2D eigenvalue weighted by Gasteiger charge is -2.39. The molecule has 0 spiro atoms. The van der Waals surface area contributed by atoms with Gasteiger partial charge in [0.05, 0.1) is 0 Å². The van der Waals surface area contributed by atoms with Gasteiger partial charge in [0.15, 0.2) is 11.6 Å².